The second-order valence-electron chi connectivity index (χ2n) is 6.20. The Labute approximate surface area is 151 Å². The van der Waals surface area contributed by atoms with Gasteiger partial charge in [0.25, 0.3) is 5.91 Å². The van der Waals surface area contributed by atoms with Gasteiger partial charge in [0, 0.05) is 19.0 Å². The lowest BCUT2D eigenvalue weighted by Crippen LogP contribution is -2.26. The number of para-hydroxylation sites is 1. The molecular weight excluding hydrogens is 324 g/mol. The third-order valence-electron chi connectivity index (χ3n) is 4.33. The molecule has 1 amide bonds. The normalized spacial score (nSPS) is 10.8. The van der Waals surface area contributed by atoms with Crippen molar-refractivity contribution in [3.63, 3.8) is 0 Å². The zero-order chi connectivity index (χ0) is 17.9. The lowest BCUT2D eigenvalue weighted by Gasteiger charge is -2.19. The molecular formula is C22H18N2O2. The second-order valence-corrected chi connectivity index (χ2v) is 6.20. The molecule has 0 unspecified atom stereocenters. The molecule has 0 aliphatic rings. The maximum atomic E-state index is 13.2. The van der Waals surface area contributed by atoms with Crippen LogP contribution < -0.4 is 0 Å². The molecule has 4 aromatic rings. The first-order valence-electron chi connectivity index (χ1n) is 8.45. The minimum Gasteiger partial charge on any atom is -0.463 e. The van der Waals surface area contributed by atoms with Crippen LogP contribution >= 0.6 is 0 Å². The van der Waals surface area contributed by atoms with Crippen LogP contribution in [0.1, 0.15) is 15.9 Å². The highest BCUT2D eigenvalue weighted by Crippen LogP contribution is 2.26. The van der Waals surface area contributed by atoms with Crippen molar-refractivity contribution in [1.29, 1.82) is 0 Å². The Morgan fingerprint density at radius 1 is 1.00 bits per heavy atom. The molecule has 2 heterocycles. The van der Waals surface area contributed by atoms with Gasteiger partial charge in [-0.25, -0.2) is 4.98 Å². The summed E-state index contributed by atoms with van der Waals surface area (Å²) in [6.07, 6.45) is 1.61. The Morgan fingerprint density at radius 2 is 1.77 bits per heavy atom. The van der Waals surface area contributed by atoms with E-state index in [1.807, 2.05) is 79.8 Å². The molecule has 0 saturated carbocycles. The van der Waals surface area contributed by atoms with E-state index in [-0.39, 0.29) is 5.91 Å². The molecule has 4 nitrogen and oxygen atoms in total. The molecule has 2 aromatic heterocycles. The number of furan rings is 1. The minimum atomic E-state index is -0.0414. The first-order valence-corrected chi connectivity index (χ1v) is 8.45. The summed E-state index contributed by atoms with van der Waals surface area (Å²) in [7, 11) is 1.82. The van der Waals surface area contributed by atoms with Crippen molar-refractivity contribution in [2.45, 2.75) is 6.54 Å². The van der Waals surface area contributed by atoms with Crippen LogP contribution in [0, 0.1) is 0 Å². The summed E-state index contributed by atoms with van der Waals surface area (Å²) < 4.78 is 5.47. The van der Waals surface area contributed by atoms with Crippen LogP contribution in [0.15, 0.2) is 83.5 Å². The van der Waals surface area contributed by atoms with Crippen LogP contribution in [-0.2, 0) is 6.54 Å². The Bertz CT molecular complexity index is 1040. The SMILES string of the molecule is CN(Cc1ccccc1)C(=O)c1cc(-c2ccco2)nc2ccccc12. The average Bonchev–Trinajstić information content (AvgIpc) is 3.22. The van der Waals surface area contributed by atoms with E-state index >= 15 is 0 Å². The van der Waals surface area contributed by atoms with Crippen LogP contribution in [0.4, 0.5) is 0 Å². The van der Waals surface area contributed by atoms with E-state index in [0.29, 0.717) is 23.6 Å². The van der Waals surface area contributed by atoms with Gasteiger partial charge in [0.15, 0.2) is 5.76 Å². The molecule has 0 aliphatic carbocycles. The monoisotopic (exact) mass is 342 g/mol. The zero-order valence-corrected chi connectivity index (χ0v) is 14.4. The van der Waals surface area contributed by atoms with E-state index in [2.05, 4.69) is 4.98 Å². The highest BCUT2D eigenvalue weighted by atomic mass is 16.3. The Morgan fingerprint density at radius 3 is 2.54 bits per heavy atom. The summed E-state index contributed by atoms with van der Waals surface area (Å²) >= 11 is 0. The summed E-state index contributed by atoms with van der Waals surface area (Å²) in [6.45, 7) is 0.548. The van der Waals surface area contributed by atoms with Crippen molar-refractivity contribution in [2.75, 3.05) is 7.05 Å². The van der Waals surface area contributed by atoms with Crippen molar-refractivity contribution in [1.82, 2.24) is 9.88 Å². The van der Waals surface area contributed by atoms with Gasteiger partial charge < -0.3 is 9.32 Å². The number of amides is 1. The van der Waals surface area contributed by atoms with Crippen LogP contribution in [0.3, 0.4) is 0 Å². The predicted molar refractivity (Wildman–Crippen MR) is 102 cm³/mol. The summed E-state index contributed by atoms with van der Waals surface area (Å²) in [5.41, 5.74) is 3.15. The second kappa shape index (κ2) is 6.84. The first kappa shape index (κ1) is 16.1. The summed E-state index contributed by atoms with van der Waals surface area (Å²) in [6, 6.07) is 23.1. The number of fused-ring (bicyclic) bond motifs is 1. The van der Waals surface area contributed by atoms with Gasteiger partial charge >= 0.3 is 0 Å². The summed E-state index contributed by atoms with van der Waals surface area (Å²) in [5, 5.41) is 0.840. The molecule has 0 radical (unpaired) electrons. The van der Waals surface area contributed by atoms with Gasteiger partial charge in [0.2, 0.25) is 0 Å². The van der Waals surface area contributed by atoms with E-state index in [1.165, 1.54) is 0 Å². The van der Waals surface area contributed by atoms with E-state index in [9.17, 15) is 4.79 Å². The lowest BCUT2D eigenvalue weighted by molar-refractivity contribution is 0.0787. The van der Waals surface area contributed by atoms with Crippen LogP contribution in [0.25, 0.3) is 22.4 Å². The number of hydrogen-bond donors (Lipinski definition) is 0. The summed E-state index contributed by atoms with van der Waals surface area (Å²) in [4.78, 5) is 19.5. The van der Waals surface area contributed by atoms with Gasteiger partial charge in [-0.15, -0.1) is 0 Å². The molecule has 0 fully saturated rings. The third kappa shape index (κ3) is 3.09. The van der Waals surface area contributed by atoms with E-state index < -0.39 is 0 Å². The van der Waals surface area contributed by atoms with Gasteiger partial charge in [0.1, 0.15) is 5.69 Å². The van der Waals surface area contributed by atoms with Gasteiger partial charge in [-0.05, 0) is 29.8 Å². The predicted octanol–water partition coefficient (Wildman–Crippen LogP) is 4.77. The van der Waals surface area contributed by atoms with Crippen LogP contribution in [0.5, 0.6) is 0 Å². The highest BCUT2D eigenvalue weighted by Gasteiger charge is 2.18. The quantitative estimate of drug-likeness (QED) is 0.537. The molecule has 0 aliphatic heterocycles. The smallest absolute Gasteiger partial charge is 0.254 e. The molecule has 0 spiro atoms. The standard InChI is InChI=1S/C22H18N2O2/c1-24(15-16-8-3-2-4-9-16)22(25)18-14-20(21-12-7-13-26-21)23-19-11-6-5-10-17(18)19/h2-14H,15H2,1H3. The molecule has 4 rings (SSSR count). The molecule has 4 heteroatoms. The van der Waals surface area contributed by atoms with E-state index in [4.69, 9.17) is 4.42 Å². The van der Waals surface area contributed by atoms with Crippen molar-refractivity contribution >= 4 is 16.8 Å². The van der Waals surface area contributed by atoms with Gasteiger partial charge in [-0.2, -0.15) is 0 Å². The first-order chi connectivity index (χ1) is 12.7. The molecule has 128 valence electrons. The fourth-order valence-corrected chi connectivity index (χ4v) is 3.04. The maximum absolute atomic E-state index is 13.2. The number of hydrogen-bond acceptors (Lipinski definition) is 3. The molecule has 0 N–H and O–H groups in total. The fourth-order valence-electron chi connectivity index (χ4n) is 3.04. The fraction of sp³-hybridized carbons (Fsp3) is 0.0909. The highest BCUT2D eigenvalue weighted by molar-refractivity contribution is 6.07. The van der Waals surface area contributed by atoms with Crippen molar-refractivity contribution in [3.8, 4) is 11.5 Å². The van der Waals surface area contributed by atoms with Gasteiger partial charge in [0.05, 0.1) is 17.3 Å². The van der Waals surface area contributed by atoms with Gasteiger partial charge in [-0.1, -0.05) is 48.5 Å². The number of aromatic nitrogens is 1. The number of carbonyl (C=O) groups excluding carboxylic acids is 1. The molecule has 0 atom stereocenters. The zero-order valence-electron chi connectivity index (χ0n) is 14.4. The number of benzene rings is 2. The topological polar surface area (TPSA) is 46.3 Å². The van der Waals surface area contributed by atoms with E-state index in [1.54, 1.807) is 11.2 Å². The number of pyridine rings is 1. The number of rotatable bonds is 4. The number of carbonyl (C=O) groups is 1. The lowest BCUT2D eigenvalue weighted by atomic mass is 10.1. The molecule has 2 aromatic carbocycles. The van der Waals surface area contributed by atoms with Gasteiger partial charge in [-0.3, -0.25) is 4.79 Å². The maximum Gasteiger partial charge on any atom is 0.254 e. The molecule has 0 bridgehead atoms. The van der Waals surface area contributed by atoms with E-state index in [0.717, 1.165) is 16.5 Å². The van der Waals surface area contributed by atoms with Crippen molar-refractivity contribution in [2.24, 2.45) is 0 Å². The van der Waals surface area contributed by atoms with Crippen molar-refractivity contribution in [3.05, 3.63) is 90.2 Å². The van der Waals surface area contributed by atoms with Crippen molar-refractivity contribution < 1.29 is 9.21 Å². The van der Waals surface area contributed by atoms with Crippen LogP contribution in [-0.4, -0.2) is 22.8 Å². The Hall–Kier alpha value is -3.40. The largest absolute Gasteiger partial charge is 0.463 e. The molecule has 26 heavy (non-hydrogen) atoms. The Balaban J connectivity index is 1.75. The average molecular weight is 342 g/mol. The minimum absolute atomic E-state index is 0.0414. The van der Waals surface area contributed by atoms with Crippen LogP contribution in [0.2, 0.25) is 0 Å². The molecule has 0 saturated heterocycles. The number of nitrogens with zero attached hydrogens (tertiary/aromatic N) is 2. The Kier molecular flexibility index (Phi) is 4.23. The summed E-state index contributed by atoms with van der Waals surface area (Å²) in [5.74, 6) is 0.607. The third-order valence-corrected chi connectivity index (χ3v) is 4.33.